The number of nitrogens with zero attached hydrogens (tertiary/aromatic N) is 2. The van der Waals surface area contributed by atoms with Gasteiger partial charge in [0.25, 0.3) is 0 Å². The van der Waals surface area contributed by atoms with E-state index < -0.39 is 28.3 Å². The quantitative estimate of drug-likeness (QED) is 0.620. The van der Waals surface area contributed by atoms with Crippen LogP contribution in [-0.4, -0.2) is 63.5 Å². The fourth-order valence-corrected chi connectivity index (χ4v) is 9.26. The van der Waals surface area contributed by atoms with Crippen molar-refractivity contribution >= 4 is 17.2 Å². The summed E-state index contributed by atoms with van der Waals surface area (Å²) in [5, 5.41) is 31.4. The van der Waals surface area contributed by atoms with Crippen LogP contribution in [0.4, 0.5) is 0 Å². The second-order valence-corrected chi connectivity index (χ2v) is 12.8. The highest BCUT2D eigenvalue weighted by molar-refractivity contribution is 6.25. The molecule has 6 rings (SSSR count). The highest BCUT2D eigenvalue weighted by Gasteiger charge is 2.76. The number of hydrogen-bond donors (Lipinski definition) is 2. The molecule has 2 spiro atoms. The Kier molecular flexibility index (Phi) is 4.94. The molecule has 34 heavy (non-hydrogen) atoms. The molecule has 6 heteroatoms. The molecule has 5 aliphatic rings. The molecule has 1 aromatic rings. The van der Waals surface area contributed by atoms with Gasteiger partial charge in [-0.1, -0.05) is 25.1 Å². The zero-order valence-electron chi connectivity index (χ0n) is 20.3. The van der Waals surface area contributed by atoms with E-state index in [9.17, 15) is 15.5 Å². The summed E-state index contributed by atoms with van der Waals surface area (Å²) in [6, 6.07) is 10.1. The minimum atomic E-state index is -0.822. The van der Waals surface area contributed by atoms with Gasteiger partial charge in [-0.25, -0.2) is 0 Å². The van der Waals surface area contributed by atoms with Crippen molar-refractivity contribution < 1.29 is 14.9 Å². The Labute approximate surface area is 207 Å². The molecule has 9 atom stereocenters. The average Bonchev–Trinajstić information content (AvgIpc) is 3.35. The maximum Gasteiger partial charge on any atom is 0.0991 e. The van der Waals surface area contributed by atoms with Crippen LogP contribution < -0.4 is 0 Å². The molecule has 0 radical (unpaired) electrons. The third kappa shape index (κ3) is 2.75. The summed E-state index contributed by atoms with van der Waals surface area (Å²) >= 11 is 7.56. The lowest BCUT2D eigenvalue weighted by Gasteiger charge is -2.65. The third-order valence-electron chi connectivity index (χ3n) is 10.5. The molecule has 5 nitrogen and oxygen atoms in total. The van der Waals surface area contributed by atoms with Crippen LogP contribution in [0.1, 0.15) is 63.0 Å². The number of aliphatic hydroxyl groups excluding tert-OH is 2. The summed E-state index contributed by atoms with van der Waals surface area (Å²) in [6.07, 6.45) is 6.74. The Morgan fingerprint density at radius 1 is 1.06 bits per heavy atom. The first kappa shape index (κ1) is 23.0. The minimum absolute atomic E-state index is 0.0430. The fourth-order valence-electron chi connectivity index (χ4n) is 8.73. The normalized spacial score (nSPS) is 49.1. The number of alkyl halides is 1. The first-order valence-electron chi connectivity index (χ1n) is 12.7. The average molecular weight is 483 g/mol. The van der Waals surface area contributed by atoms with Crippen LogP contribution in [0.25, 0.3) is 5.57 Å². The van der Waals surface area contributed by atoms with E-state index >= 15 is 0 Å². The van der Waals surface area contributed by atoms with Crippen LogP contribution in [0.5, 0.6) is 0 Å². The van der Waals surface area contributed by atoms with Gasteiger partial charge in [-0.15, -0.1) is 11.6 Å². The molecule has 0 amide bonds. The summed E-state index contributed by atoms with van der Waals surface area (Å²) in [5.41, 5.74) is 2.32. The van der Waals surface area contributed by atoms with Crippen LogP contribution in [0.15, 0.2) is 30.3 Å². The molecule has 2 N–H and O–H groups in total. The van der Waals surface area contributed by atoms with E-state index in [0.29, 0.717) is 12.0 Å². The van der Waals surface area contributed by atoms with Crippen LogP contribution in [0, 0.1) is 28.6 Å². The van der Waals surface area contributed by atoms with Gasteiger partial charge in [0, 0.05) is 17.9 Å². The van der Waals surface area contributed by atoms with Gasteiger partial charge in [0.1, 0.15) is 0 Å². The van der Waals surface area contributed by atoms with Crippen molar-refractivity contribution in [1.29, 1.82) is 5.26 Å². The van der Waals surface area contributed by atoms with E-state index in [-0.39, 0.29) is 23.3 Å². The van der Waals surface area contributed by atoms with Gasteiger partial charge in [0.2, 0.25) is 0 Å². The number of nitriles is 1. The Morgan fingerprint density at radius 2 is 1.79 bits per heavy atom. The van der Waals surface area contributed by atoms with Crippen molar-refractivity contribution in [2.75, 3.05) is 14.1 Å². The molecule has 9 unspecified atom stereocenters. The highest BCUT2D eigenvalue weighted by atomic mass is 35.5. The van der Waals surface area contributed by atoms with Crippen molar-refractivity contribution in [2.24, 2.45) is 17.3 Å². The van der Waals surface area contributed by atoms with Crippen LogP contribution >= 0.6 is 11.6 Å². The van der Waals surface area contributed by atoms with Crippen LogP contribution in [0.2, 0.25) is 0 Å². The van der Waals surface area contributed by atoms with Gasteiger partial charge in [-0.05, 0) is 87.7 Å². The summed E-state index contributed by atoms with van der Waals surface area (Å²) in [6.45, 7) is 2.38. The number of rotatable bonds is 2. The predicted molar refractivity (Wildman–Crippen MR) is 131 cm³/mol. The van der Waals surface area contributed by atoms with Crippen molar-refractivity contribution in [3.05, 3.63) is 41.5 Å². The maximum absolute atomic E-state index is 11.2. The van der Waals surface area contributed by atoms with Gasteiger partial charge in [0.15, 0.2) is 0 Å². The summed E-state index contributed by atoms with van der Waals surface area (Å²) in [7, 11) is 3.94. The Morgan fingerprint density at radius 3 is 2.47 bits per heavy atom. The van der Waals surface area contributed by atoms with Crippen LogP contribution in [-0.2, 0) is 4.74 Å². The smallest absolute Gasteiger partial charge is 0.0991 e. The molecule has 182 valence electrons. The zero-order chi connectivity index (χ0) is 24.1. The van der Waals surface area contributed by atoms with E-state index in [1.165, 1.54) is 11.1 Å². The van der Waals surface area contributed by atoms with Crippen LogP contribution in [0.3, 0.4) is 0 Å². The van der Waals surface area contributed by atoms with Gasteiger partial charge >= 0.3 is 0 Å². The van der Waals surface area contributed by atoms with Crippen molar-refractivity contribution in [3.8, 4) is 6.07 Å². The first-order chi connectivity index (χ1) is 16.1. The molecular formula is C28H35ClN2O3. The molecule has 4 fully saturated rings. The number of ether oxygens (including phenoxy) is 1. The SMILES string of the molecule is CN(C)C1CC23CCC4(O2)C2CC=C(c5ccc(C#N)cc5)C2(C)CCC4(Cl)CC3C(O)C1O. The highest BCUT2D eigenvalue weighted by Crippen LogP contribution is 2.73. The van der Waals surface area contributed by atoms with Gasteiger partial charge < -0.3 is 19.8 Å². The molecule has 2 bridgehead atoms. The second kappa shape index (κ2) is 7.31. The molecule has 3 aliphatic carbocycles. The third-order valence-corrected chi connectivity index (χ3v) is 11.2. The lowest BCUT2D eigenvalue weighted by molar-refractivity contribution is -0.276. The summed E-state index contributed by atoms with van der Waals surface area (Å²) in [5.74, 6) is 0.141. The Balaban J connectivity index is 1.38. The lowest BCUT2D eigenvalue weighted by atomic mass is 9.52. The number of likely N-dealkylation sites (N-methyl/N-ethyl adjacent to an activating group) is 1. The zero-order valence-corrected chi connectivity index (χ0v) is 21.1. The van der Waals surface area contributed by atoms with Crippen molar-refractivity contribution in [1.82, 2.24) is 4.90 Å². The van der Waals surface area contributed by atoms with E-state index in [1.54, 1.807) is 0 Å². The van der Waals surface area contributed by atoms with Crippen molar-refractivity contribution in [2.45, 2.75) is 86.2 Å². The largest absolute Gasteiger partial charge is 0.390 e. The number of halogens is 1. The van der Waals surface area contributed by atoms with Gasteiger partial charge in [-0.2, -0.15) is 5.26 Å². The minimum Gasteiger partial charge on any atom is -0.390 e. The van der Waals surface area contributed by atoms with E-state index in [0.717, 1.165) is 38.5 Å². The van der Waals surface area contributed by atoms with Gasteiger partial charge in [0.05, 0.1) is 39.9 Å². The van der Waals surface area contributed by atoms with E-state index in [1.807, 2.05) is 31.1 Å². The van der Waals surface area contributed by atoms with E-state index in [4.69, 9.17) is 16.3 Å². The molecule has 0 aromatic heterocycles. The number of fused-ring (bicyclic) bond motifs is 1. The molecule has 2 saturated heterocycles. The standard InChI is InChI=1S/C28H35ClN2O3/c1-25-10-12-27(29)14-20-23(32)24(33)21(31(2)3)15-26(20)11-13-28(27,34-26)22(25)9-8-19(25)18-6-4-17(16-30)5-7-18/h4-8,20-24,32-33H,9-15H2,1-3H3. The Bertz CT molecular complexity index is 1080. The predicted octanol–water partition coefficient (Wildman–Crippen LogP) is 4.10. The maximum atomic E-state index is 11.2. The summed E-state index contributed by atoms with van der Waals surface area (Å²) in [4.78, 5) is 1.50. The van der Waals surface area contributed by atoms with Gasteiger partial charge in [-0.3, -0.25) is 0 Å². The fraction of sp³-hybridized carbons (Fsp3) is 0.679. The lowest BCUT2D eigenvalue weighted by Crippen LogP contribution is -2.72. The number of hydrogen-bond acceptors (Lipinski definition) is 5. The second-order valence-electron chi connectivity index (χ2n) is 12.1. The molecule has 2 heterocycles. The summed E-state index contributed by atoms with van der Waals surface area (Å²) < 4.78 is 7.28. The molecular weight excluding hydrogens is 448 g/mol. The van der Waals surface area contributed by atoms with E-state index in [2.05, 4.69) is 31.2 Å². The molecule has 2 aliphatic heterocycles. The number of aliphatic hydroxyl groups is 2. The number of benzene rings is 1. The molecule has 2 saturated carbocycles. The molecule has 1 aromatic carbocycles. The number of allylic oxidation sites excluding steroid dienone is 2. The topological polar surface area (TPSA) is 76.7 Å². The monoisotopic (exact) mass is 482 g/mol. The first-order valence-corrected chi connectivity index (χ1v) is 13.1. The van der Waals surface area contributed by atoms with Crippen molar-refractivity contribution in [3.63, 3.8) is 0 Å². The Hall–Kier alpha value is -1.42.